The van der Waals surface area contributed by atoms with Gasteiger partial charge in [-0.25, -0.2) is 4.79 Å². The Bertz CT molecular complexity index is 974. The van der Waals surface area contributed by atoms with Gasteiger partial charge in [0.15, 0.2) is 0 Å². The first-order valence-corrected chi connectivity index (χ1v) is 8.19. The summed E-state index contributed by atoms with van der Waals surface area (Å²) < 4.78 is 15.2. The quantitative estimate of drug-likeness (QED) is 0.227. The molecule has 0 N–H and O–H groups in total. The lowest BCUT2D eigenvalue weighted by atomic mass is 9.93. The molecule has 4 aromatic carbocycles. The third-order valence-corrected chi connectivity index (χ3v) is 4.36. The van der Waals surface area contributed by atoms with E-state index in [1.807, 2.05) is 12.1 Å². The number of hydrogen-bond acceptors (Lipinski definition) is 4. The summed E-state index contributed by atoms with van der Waals surface area (Å²) in [5.74, 6) is -0.341. The first-order valence-electron chi connectivity index (χ1n) is 8.19. The molecular formula is C21H18O4. The van der Waals surface area contributed by atoms with E-state index in [1.54, 1.807) is 7.11 Å². The molecule has 4 rings (SSSR count). The molecule has 0 heterocycles. The van der Waals surface area contributed by atoms with Crippen molar-refractivity contribution in [1.82, 2.24) is 0 Å². The fourth-order valence-electron chi connectivity index (χ4n) is 3.29. The van der Waals surface area contributed by atoms with Gasteiger partial charge in [0.2, 0.25) is 0 Å². The van der Waals surface area contributed by atoms with Crippen molar-refractivity contribution in [3.05, 3.63) is 60.2 Å². The Balaban J connectivity index is 1.68. The molecule has 4 aromatic rings. The molecule has 0 radical (unpaired) electrons. The number of methoxy groups -OCH3 is 1. The highest BCUT2D eigenvalue weighted by Crippen LogP contribution is 2.35. The van der Waals surface area contributed by atoms with Crippen molar-refractivity contribution in [2.24, 2.45) is 0 Å². The van der Waals surface area contributed by atoms with E-state index in [-0.39, 0.29) is 19.4 Å². The van der Waals surface area contributed by atoms with E-state index in [0.717, 1.165) is 10.8 Å². The first kappa shape index (κ1) is 15.8. The van der Waals surface area contributed by atoms with Crippen LogP contribution in [-0.2, 0) is 14.2 Å². The molecule has 0 fully saturated rings. The summed E-state index contributed by atoms with van der Waals surface area (Å²) in [6, 6.07) is 18.4. The largest absolute Gasteiger partial charge is 0.460 e. The third kappa shape index (κ3) is 2.90. The van der Waals surface area contributed by atoms with Crippen LogP contribution < -0.4 is 0 Å². The van der Waals surface area contributed by atoms with E-state index in [0.29, 0.717) is 12.2 Å². The molecular weight excluding hydrogens is 316 g/mol. The molecule has 0 saturated carbocycles. The van der Waals surface area contributed by atoms with Crippen LogP contribution in [0.15, 0.2) is 54.6 Å². The van der Waals surface area contributed by atoms with Crippen LogP contribution in [0.2, 0.25) is 0 Å². The molecule has 0 atom stereocenters. The van der Waals surface area contributed by atoms with Crippen molar-refractivity contribution in [1.29, 1.82) is 0 Å². The lowest BCUT2D eigenvalue weighted by Gasteiger charge is -2.12. The topological polar surface area (TPSA) is 44.8 Å². The van der Waals surface area contributed by atoms with Crippen molar-refractivity contribution in [3.63, 3.8) is 0 Å². The van der Waals surface area contributed by atoms with Crippen molar-refractivity contribution >= 4 is 38.3 Å². The number of ether oxygens (including phenoxy) is 3. The van der Waals surface area contributed by atoms with Crippen LogP contribution in [0.4, 0.5) is 0 Å². The molecule has 4 nitrogen and oxygen atoms in total. The number of benzene rings is 4. The first-order chi connectivity index (χ1) is 12.3. The Labute approximate surface area is 145 Å². The van der Waals surface area contributed by atoms with Crippen LogP contribution in [0.1, 0.15) is 10.4 Å². The zero-order valence-corrected chi connectivity index (χ0v) is 14.0. The fraction of sp³-hybridized carbons (Fsp3) is 0.190. The zero-order chi connectivity index (χ0) is 17.2. The van der Waals surface area contributed by atoms with Gasteiger partial charge in [-0.15, -0.1) is 0 Å². The highest BCUT2D eigenvalue weighted by molar-refractivity contribution is 6.23. The van der Waals surface area contributed by atoms with E-state index in [2.05, 4.69) is 42.5 Å². The molecule has 25 heavy (non-hydrogen) atoms. The Hall–Kier alpha value is -2.69. The Morgan fingerprint density at radius 3 is 2.08 bits per heavy atom. The zero-order valence-electron chi connectivity index (χ0n) is 14.0. The third-order valence-electron chi connectivity index (χ3n) is 4.36. The van der Waals surface area contributed by atoms with Crippen LogP contribution in [0.3, 0.4) is 0 Å². The Morgan fingerprint density at radius 2 is 1.44 bits per heavy atom. The summed E-state index contributed by atoms with van der Waals surface area (Å²) in [6.45, 7) is 0.707. The minimum absolute atomic E-state index is 0.192. The monoisotopic (exact) mass is 334 g/mol. The van der Waals surface area contributed by atoms with Gasteiger partial charge in [0, 0.05) is 7.11 Å². The number of hydrogen-bond donors (Lipinski definition) is 0. The van der Waals surface area contributed by atoms with Crippen molar-refractivity contribution in [2.75, 3.05) is 27.1 Å². The highest BCUT2D eigenvalue weighted by Gasteiger charge is 2.13. The molecule has 4 heteroatoms. The Morgan fingerprint density at radius 1 is 0.840 bits per heavy atom. The molecule has 0 saturated heterocycles. The predicted molar refractivity (Wildman–Crippen MR) is 98.3 cm³/mol. The summed E-state index contributed by atoms with van der Waals surface area (Å²) in [4.78, 5) is 12.3. The van der Waals surface area contributed by atoms with Gasteiger partial charge in [0.1, 0.15) is 13.4 Å². The van der Waals surface area contributed by atoms with Crippen LogP contribution >= 0.6 is 0 Å². The van der Waals surface area contributed by atoms with Gasteiger partial charge in [0.05, 0.1) is 12.2 Å². The van der Waals surface area contributed by atoms with Crippen molar-refractivity contribution in [3.8, 4) is 0 Å². The van der Waals surface area contributed by atoms with Crippen LogP contribution in [0, 0.1) is 0 Å². The van der Waals surface area contributed by atoms with E-state index in [4.69, 9.17) is 14.2 Å². The number of rotatable bonds is 6. The predicted octanol–water partition coefficient (Wildman–Crippen LogP) is 4.36. The van der Waals surface area contributed by atoms with Gasteiger partial charge in [-0.1, -0.05) is 42.5 Å². The summed E-state index contributed by atoms with van der Waals surface area (Å²) >= 11 is 0. The van der Waals surface area contributed by atoms with Crippen LogP contribution in [-0.4, -0.2) is 33.1 Å². The van der Waals surface area contributed by atoms with E-state index < -0.39 is 0 Å². The molecule has 0 aromatic heterocycles. The minimum atomic E-state index is -0.341. The van der Waals surface area contributed by atoms with Crippen molar-refractivity contribution < 1.29 is 19.0 Å². The number of carbonyl (C=O) groups excluding carboxylic acids is 1. The molecule has 0 spiro atoms. The molecule has 0 aliphatic rings. The lowest BCUT2D eigenvalue weighted by Crippen LogP contribution is -2.11. The summed E-state index contributed by atoms with van der Waals surface area (Å²) in [5, 5.41) is 6.94. The summed E-state index contributed by atoms with van der Waals surface area (Å²) in [5.41, 5.74) is 0.553. The summed E-state index contributed by atoms with van der Waals surface area (Å²) in [6.07, 6.45) is 0. The second-order valence-electron chi connectivity index (χ2n) is 5.96. The Kier molecular flexibility index (Phi) is 4.22. The summed E-state index contributed by atoms with van der Waals surface area (Å²) in [7, 11) is 1.55. The average Bonchev–Trinajstić information content (AvgIpc) is 2.65. The van der Waals surface area contributed by atoms with Crippen LogP contribution in [0.25, 0.3) is 32.3 Å². The maximum Gasteiger partial charge on any atom is 0.338 e. The van der Waals surface area contributed by atoms with Gasteiger partial charge in [-0.3, -0.25) is 0 Å². The molecule has 0 unspecified atom stereocenters. The second kappa shape index (κ2) is 6.67. The van der Waals surface area contributed by atoms with Gasteiger partial charge < -0.3 is 14.2 Å². The van der Waals surface area contributed by atoms with Crippen LogP contribution in [0.5, 0.6) is 0 Å². The van der Waals surface area contributed by atoms with Gasteiger partial charge >= 0.3 is 5.97 Å². The fourth-order valence-corrected chi connectivity index (χ4v) is 3.29. The molecule has 0 aliphatic heterocycles. The van der Waals surface area contributed by atoms with Gasteiger partial charge in [-0.2, -0.15) is 0 Å². The standard InChI is InChI=1S/C21H18O4/c1-23-13-24-9-10-25-21(22)18-11-16-7-5-14-3-2-4-15-6-8-17(12-18)20(16)19(14)15/h2-8,11-12H,9-10,13H2,1H3. The van der Waals surface area contributed by atoms with Crippen molar-refractivity contribution in [2.45, 2.75) is 0 Å². The minimum Gasteiger partial charge on any atom is -0.460 e. The smallest absolute Gasteiger partial charge is 0.338 e. The molecule has 0 aliphatic carbocycles. The number of esters is 1. The molecule has 0 bridgehead atoms. The van der Waals surface area contributed by atoms with Gasteiger partial charge in [-0.05, 0) is 44.5 Å². The maximum atomic E-state index is 12.3. The van der Waals surface area contributed by atoms with E-state index in [1.165, 1.54) is 21.5 Å². The van der Waals surface area contributed by atoms with E-state index >= 15 is 0 Å². The SMILES string of the molecule is COCOCCOC(=O)c1cc2ccc3cccc4ccc(c1)c2c34. The molecule has 0 amide bonds. The average molecular weight is 334 g/mol. The highest BCUT2D eigenvalue weighted by atomic mass is 16.7. The molecule has 126 valence electrons. The normalized spacial score (nSPS) is 11.6. The lowest BCUT2D eigenvalue weighted by molar-refractivity contribution is -0.0453. The number of carbonyl (C=O) groups is 1. The maximum absolute atomic E-state index is 12.3. The second-order valence-corrected chi connectivity index (χ2v) is 5.96. The van der Waals surface area contributed by atoms with Gasteiger partial charge in [0.25, 0.3) is 0 Å². The van der Waals surface area contributed by atoms with E-state index in [9.17, 15) is 4.79 Å².